The van der Waals surface area contributed by atoms with Crippen molar-refractivity contribution in [2.75, 3.05) is 19.6 Å². The first kappa shape index (κ1) is 16.6. The summed E-state index contributed by atoms with van der Waals surface area (Å²) < 4.78 is 18.3. The predicted octanol–water partition coefficient (Wildman–Crippen LogP) is 2.53. The van der Waals surface area contributed by atoms with Gasteiger partial charge in [0.2, 0.25) is 11.8 Å². The summed E-state index contributed by atoms with van der Waals surface area (Å²) in [7, 11) is 0. The highest BCUT2D eigenvalue weighted by Gasteiger charge is 2.14. The topological polar surface area (TPSA) is 67.2 Å². The molecule has 1 fully saturated rings. The zero-order valence-electron chi connectivity index (χ0n) is 13.6. The molecule has 0 saturated carbocycles. The molecule has 0 radical (unpaired) electrons. The first-order chi connectivity index (χ1) is 11.7. The minimum absolute atomic E-state index is 0.0529. The van der Waals surface area contributed by atoms with E-state index in [1.54, 1.807) is 12.1 Å². The zero-order valence-corrected chi connectivity index (χ0v) is 13.6. The van der Waals surface area contributed by atoms with E-state index in [0.29, 0.717) is 29.6 Å². The Morgan fingerprint density at radius 2 is 2.04 bits per heavy atom. The smallest absolute Gasteiger partial charge is 0.226 e. The van der Waals surface area contributed by atoms with Gasteiger partial charge >= 0.3 is 0 Å². The maximum atomic E-state index is 12.9. The summed E-state index contributed by atoms with van der Waals surface area (Å²) in [6.07, 6.45) is 5.05. The van der Waals surface area contributed by atoms with E-state index in [0.717, 1.165) is 19.5 Å². The maximum absolute atomic E-state index is 12.9. The molecule has 1 aliphatic heterocycles. The van der Waals surface area contributed by atoms with Gasteiger partial charge in [0.05, 0.1) is 12.1 Å². The summed E-state index contributed by atoms with van der Waals surface area (Å²) in [5.41, 5.74) is 1.27. The lowest BCUT2D eigenvalue weighted by atomic mass is 9.95. The lowest BCUT2D eigenvalue weighted by Crippen LogP contribution is -2.32. The SMILES string of the molecule is O=C(Cc1coc(-c2ccc(F)cc2)n1)NCCC1CCNCC1. The molecule has 3 rings (SSSR count). The summed E-state index contributed by atoms with van der Waals surface area (Å²) in [5, 5.41) is 6.28. The Labute approximate surface area is 140 Å². The van der Waals surface area contributed by atoms with Crippen molar-refractivity contribution in [3.8, 4) is 11.5 Å². The number of carbonyl (C=O) groups excluding carboxylic acids is 1. The van der Waals surface area contributed by atoms with Gasteiger partial charge in [-0.3, -0.25) is 4.79 Å². The molecule has 0 aliphatic carbocycles. The van der Waals surface area contributed by atoms with Crippen molar-refractivity contribution in [3.63, 3.8) is 0 Å². The van der Waals surface area contributed by atoms with Crippen molar-refractivity contribution in [2.24, 2.45) is 5.92 Å². The third-order valence-corrected chi connectivity index (χ3v) is 4.32. The second-order valence-electron chi connectivity index (χ2n) is 6.16. The minimum atomic E-state index is -0.307. The van der Waals surface area contributed by atoms with E-state index >= 15 is 0 Å². The Morgan fingerprint density at radius 1 is 1.29 bits per heavy atom. The lowest BCUT2D eigenvalue weighted by molar-refractivity contribution is -0.120. The van der Waals surface area contributed by atoms with Gasteiger partial charge in [-0.1, -0.05) is 0 Å². The minimum Gasteiger partial charge on any atom is -0.444 e. The zero-order chi connectivity index (χ0) is 16.8. The van der Waals surface area contributed by atoms with E-state index in [1.807, 2.05) is 0 Å². The lowest BCUT2D eigenvalue weighted by Gasteiger charge is -2.22. The largest absolute Gasteiger partial charge is 0.444 e. The van der Waals surface area contributed by atoms with Crippen LogP contribution >= 0.6 is 0 Å². The second-order valence-corrected chi connectivity index (χ2v) is 6.16. The number of nitrogens with one attached hydrogen (secondary N) is 2. The molecule has 2 heterocycles. The Bertz CT molecular complexity index is 663. The number of aromatic nitrogens is 1. The fourth-order valence-electron chi connectivity index (χ4n) is 2.93. The summed E-state index contributed by atoms with van der Waals surface area (Å²) in [4.78, 5) is 16.3. The molecule has 1 amide bonds. The molecular weight excluding hydrogens is 309 g/mol. The quantitative estimate of drug-likeness (QED) is 0.853. The van der Waals surface area contributed by atoms with Gasteiger partial charge in [-0.05, 0) is 62.5 Å². The van der Waals surface area contributed by atoms with Gasteiger partial charge in [-0.15, -0.1) is 0 Å². The normalized spacial score (nSPS) is 15.4. The highest BCUT2D eigenvalue weighted by Crippen LogP contribution is 2.19. The molecular formula is C18H22FN3O2. The molecule has 1 aromatic heterocycles. The van der Waals surface area contributed by atoms with Gasteiger partial charge in [0.25, 0.3) is 0 Å². The molecule has 24 heavy (non-hydrogen) atoms. The highest BCUT2D eigenvalue weighted by molar-refractivity contribution is 5.78. The van der Waals surface area contributed by atoms with Gasteiger partial charge in [0.15, 0.2) is 0 Å². The van der Waals surface area contributed by atoms with Gasteiger partial charge in [-0.2, -0.15) is 0 Å². The van der Waals surface area contributed by atoms with Crippen molar-refractivity contribution in [3.05, 3.63) is 42.0 Å². The van der Waals surface area contributed by atoms with Gasteiger partial charge in [0, 0.05) is 12.1 Å². The summed E-state index contributed by atoms with van der Waals surface area (Å²) in [6.45, 7) is 2.85. The molecule has 0 bridgehead atoms. The first-order valence-electron chi connectivity index (χ1n) is 8.38. The van der Waals surface area contributed by atoms with E-state index < -0.39 is 0 Å². The molecule has 0 spiro atoms. The number of benzene rings is 1. The summed E-state index contributed by atoms with van der Waals surface area (Å²) in [6, 6.07) is 5.91. The number of amides is 1. The molecule has 2 N–H and O–H groups in total. The number of carbonyl (C=O) groups is 1. The van der Waals surface area contributed by atoms with Crippen LogP contribution in [0.15, 0.2) is 34.9 Å². The Balaban J connectivity index is 1.45. The van der Waals surface area contributed by atoms with Crippen molar-refractivity contribution >= 4 is 5.91 Å². The Kier molecular flexibility index (Phi) is 5.59. The van der Waals surface area contributed by atoms with E-state index in [1.165, 1.54) is 31.2 Å². The molecule has 1 aromatic carbocycles. The molecule has 0 atom stereocenters. The van der Waals surface area contributed by atoms with Crippen molar-refractivity contribution in [1.82, 2.24) is 15.6 Å². The van der Waals surface area contributed by atoms with E-state index in [9.17, 15) is 9.18 Å². The van der Waals surface area contributed by atoms with E-state index in [2.05, 4.69) is 15.6 Å². The molecule has 1 saturated heterocycles. The monoisotopic (exact) mass is 331 g/mol. The molecule has 128 valence electrons. The average molecular weight is 331 g/mol. The van der Waals surface area contributed by atoms with Crippen LogP contribution in [0, 0.1) is 11.7 Å². The second kappa shape index (κ2) is 8.06. The molecule has 5 nitrogen and oxygen atoms in total. The predicted molar refractivity (Wildman–Crippen MR) is 88.8 cm³/mol. The number of oxazole rings is 1. The maximum Gasteiger partial charge on any atom is 0.226 e. The summed E-state index contributed by atoms with van der Waals surface area (Å²) in [5.74, 6) is 0.734. The molecule has 0 unspecified atom stereocenters. The number of halogens is 1. The number of nitrogens with zero attached hydrogens (tertiary/aromatic N) is 1. The van der Waals surface area contributed by atoms with Crippen molar-refractivity contribution in [2.45, 2.75) is 25.7 Å². The molecule has 2 aromatic rings. The van der Waals surface area contributed by atoms with E-state index in [-0.39, 0.29) is 18.1 Å². The van der Waals surface area contributed by atoms with Gasteiger partial charge in [0.1, 0.15) is 12.1 Å². The molecule has 6 heteroatoms. The number of hydrogen-bond donors (Lipinski definition) is 2. The molecule has 1 aliphatic rings. The van der Waals surface area contributed by atoms with Crippen LogP contribution in [0.5, 0.6) is 0 Å². The average Bonchev–Trinajstić information content (AvgIpc) is 3.05. The number of hydrogen-bond acceptors (Lipinski definition) is 4. The fraction of sp³-hybridized carbons (Fsp3) is 0.444. The third-order valence-electron chi connectivity index (χ3n) is 4.32. The van der Waals surface area contributed by atoms with Crippen LogP contribution in [-0.4, -0.2) is 30.5 Å². The van der Waals surface area contributed by atoms with Crippen LogP contribution in [0.4, 0.5) is 4.39 Å². The van der Waals surface area contributed by atoms with Crippen LogP contribution in [0.1, 0.15) is 25.0 Å². The van der Waals surface area contributed by atoms with Crippen LogP contribution in [-0.2, 0) is 11.2 Å². The number of rotatable bonds is 6. The highest BCUT2D eigenvalue weighted by atomic mass is 19.1. The standard InChI is InChI=1S/C18H22FN3O2/c19-15-3-1-14(2-4-15)18-22-16(12-24-18)11-17(23)21-10-7-13-5-8-20-9-6-13/h1-4,12-13,20H,5-11H2,(H,21,23). The third kappa shape index (κ3) is 4.64. The van der Waals surface area contributed by atoms with Crippen LogP contribution < -0.4 is 10.6 Å². The Hall–Kier alpha value is -2.21. The van der Waals surface area contributed by atoms with Crippen LogP contribution in [0.25, 0.3) is 11.5 Å². The van der Waals surface area contributed by atoms with Crippen molar-refractivity contribution < 1.29 is 13.6 Å². The Morgan fingerprint density at radius 3 is 2.79 bits per heavy atom. The van der Waals surface area contributed by atoms with E-state index in [4.69, 9.17) is 4.42 Å². The van der Waals surface area contributed by atoms with Crippen LogP contribution in [0.2, 0.25) is 0 Å². The number of piperidine rings is 1. The first-order valence-corrected chi connectivity index (χ1v) is 8.38. The van der Waals surface area contributed by atoms with Gasteiger partial charge < -0.3 is 15.1 Å². The van der Waals surface area contributed by atoms with Gasteiger partial charge in [-0.25, -0.2) is 9.37 Å². The summed E-state index contributed by atoms with van der Waals surface area (Å²) >= 11 is 0. The van der Waals surface area contributed by atoms with Crippen LogP contribution in [0.3, 0.4) is 0 Å². The fourth-order valence-corrected chi connectivity index (χ4v) is 2.93. The van der Waals surface area contributed by atoms with Crippen molar-refractivity contribution in [1.29, 1.82) is 0 Å².